The maximum absolute atomic E-state index is 12.1. The van der Waals surface area contributed by atoms with Gasteiger partial charge in [-0.1, -0.05) is 18.6 Å². The smallest absolute Gasteiger partial charge is 0.314 e. The van der Waals surface area contributed by atoms with Gasteiger partial charge in [0.05, 0.1) is 20.1 Å². The summed E-state index contributed by atoms with van der Waals surface area (Å²) in [4.78, 5) is 14.4. The minimum atomic E-state index is -0.242. The van der Waals surface area contributed by atoms with Crippen molar-refractivity contribution in [2.24, 2.45) is 0 Å². The van der Waals surface area contributed by atoms with Crippen molar-refractivity contribution in [1.82, 2.24) is 4.90 Å². The Morgan fingerprint density at radius 3 is 2.65 bits per heavy atom. The third kappa shape index (κ3) is 3.73. The standard InChI is InChI=1S/C16H23NO3/c1-19-14-8-6-7-13(11-14)15(16(18)20-2)12-17-9-4-3-5-10-17/h6-8,11,15H,3-5,9-10,12H2,1-2H3. The highest BCUT2D eigenvalue weighted by molar-refractivity contribution is 5.78. The molecule has 2 rings (SSSR count). The SMILES string of the molecule is COC(=O)C(CN1CCCCC1)c1cccc(OC)c1. The monoisotopic (exact) mass is 277 g/mol. The molecule has 4 nitrogen and oxygen atoms in total. The van der Waals surface area contributed by atoms with Crippen LogP contribution in [0.2, 0.25) is 0 Å². The van der Waals surface area contributed by atoms with Crippen LogP contribution < -0.4 is 4.74 Å². The van der Waals surface area contributed by atoms with Crippen LogP contribution >= 0.6 is 0 Å². The lowest BCUT2D eigenvalue weighted by Gasteiger charge is -2.29. The molecule has 0 saturated carbocycles. The number of nitrogens with zero attached hydrogens (tertiary/aromatic N) is 1. The molecule has 0 N–H and O–H groups in total. The zero-order valence-corrected chi connectivity index (χ0v) is 12.3. The normalized spacial score (nSPS) is 17.5. The third-order valence-corrected chi connectivity index (χ3v) is 3.87. The first kappa shape index (κ1) is 14.9. The predicted octanol–water partition coefficient (Wildman–Crippen LogP) is 2.44. The van der Waals surface area contributed by atoms with E-state index < -0.39 is 0 Å². The third-order valence-electron chi connectivity index (χ3n) is 3.87. The first-order chi connectivity index (χ1) is 9.74. The molecule has 4 heteroatoms. The van der Waals surface area contributed by atoms with Gasteiger partial charge in [0.15, 0.2) is 0 Å². The minimum Gasteiger partial charge on any atom is -0.497 e. The van der Waals surface area contributed by atoms with Crippen LogP contribution in [0.5, 0.6) is 5.75 Å². The highest BCUT2D eigenvalue weighted by Crippen LogP contribution is 2.24. The van der Waals surface area contributed by atoms with Crippen LogP contribution in [-0.2, 0) is 9.53 Å². The van der Waals surface area contributed by atoms with E-state index in [9.17, 15) is 4.79 Å². The highest BCUT2D eigenvalue weighted by atomic mass is 16.5. The topological polar surface area (TPSA) is 38.8 Å². The summed E-state index contributed by atoms with van der Waals surface area (Å²) in [5.41, 5.74) is 0.960. The summed E-state index contributed by atoms with van der Waals surface area (Å²) < 4.78 is 10.2. The summed E-state index contributed by atoms with van der Waals surface area (Å²) in [6.45, 7) is 2.86. The van der Waals surface area contributed by atoms with Gasteiger partial charge in [-0.25, -0.2) is 0 Å². The van der Waals surface area contributed by atoms with E-state index >= 15 is 0 Å². The van der Waals surface area contributed by atoms with Gasteiger partial charge in [-0.3, -0.25) is 4.79 Å². The Labute approximate surface area is 120 Å². The second-order valence-electron chi connectivity index (χ2n) is 5.21. The molecule has 1 fully saturated rings. The van der Waals surface area contributed by atoms with Gasteiger partial charge in [0.25, 0.3) is 0 Å². The fourth-order valence-electron chi connectivity index (χ4n) is 2.72. The van der Waals surface area contributed by atoms with Gasteiger partial charge in [-0.15, -0.1) is 0 Å². The van der Waals surface area contributed by atoms with E-state index in [0.29, 0.717) is 0 Å². The molecule has 0 aliphatic carbocycles. The Hall–Kier alpha value is -1.55. The number of likely N-dealkylation sites (tertiary alicyclic amines) is 1. The maximum Gasteiger partial charge on any atom is 0.314 e. The quantitative estimate of drug-likeness (QED) is 0.775. The van der Waals surface area contributed by atoms with Crippen LogP contribution in [0.3, 0.4) is 0 Å². The molecule has 0 amide bonds. The summed E-state index contributed by atoms with van der Waals surface area (Å²) in [5, 5.41) is 0. The average Bonchev–Trinajstić information content (AvgIpc) is 2.53. The number of carbonyl (C=O) groups is 1. The Morgan fingerprint density at radius 1 is 1.25 bits per heavy atom. The summed E-state index contributed by atoms with van der Waals surface area (Å²) in [7, 11) is 3.09. The number of methoxy groups -OCH3 is 2. The van der Waals surface area contributed by atoms with Crippen molar-refractivity contribution >= 4 is 5.97 Å². The fourth-order valence-corrected chi connectivity index (χ4v) is 2.72. The molecular weight excluding hydrogens is 254 g/mol. The summed E-state index contributed by atoms with van der Waals surface area (Å²) in [6, 6.07) is 7.69. The van der Waals surface area contributed by atoms with E-state index in [1.165, 1.54) is 26.4 Å². The van der Waals surface area contributed by atoms with Gasteiger partial charge in [-0.2, -0.15) is 0 Å². The van der Waals surface area contributed by atoms with Gasteiger partial charge >= 0.3 is 5.97 Å². The van der Waals surface area contributed by atoms with Gasteiger partial charge in [0, 0.05) is 6.54 Å². The number of hydrogen-bond acceptors (Lipinski definition) is 4. The molecule has 20 heavy (non-hydrogen) atoms. The summed E-state index contributed by atoms with van der Waals surface area (Å²) in [6.07, 6.45) is 3.72. The molecule has 1 atom stereocenters. The van der Waals surface area contributed by atoms with E-state index in [1.807, 2.05) is 24.3 Å². The molecule has 1 heterocycles. The second-order valence-corrected chi connectivity index (χ2v) is 5.21. The van der Waals surface area contributed by atoms with E-state index in [2.05, 4.69) is 4.90 Å². The van der Waals surface area contributed by atoms with Gasteiger partial charge in [0.2, 0.25) is 0 Å². The first-order valence-electron chi connectivity index (χ1n) is 7.18. The Bertz CT molecular complexity index is 441. The number of rotatable bonds is 5. The number of esters is 1. The molecule has 1 aliphatic heterocycles. The van der Waals surface area contributed by atoms with Gasteiger partial charge in [-0.05, 0) is 43.6 Å². The van der Waals surface area contributed by atoms with Crippen molar-refractivity contribution in [2.45, 2.75) is 25.2 Å². The summed E-state index contributed by atoms with van der Waals surface area (Å²) >= 11 is 0. The Balaban J connectivity index is 2.15. The van der Waals surface area contributed by atoms with Crippen molar-refractivity contribution < 1.29 is 14.3 Å². The molecular formula is C16H23NO3. The maximum atomic E-state index is 12.1. The number of hydrogen-bond donors (Lipinski definition) is 0. The predicted molar refractivity (Wildman–Crippen MR) is 78.0 cm³/mol. The molecule has 0 radical (unpaired) electrons. The molecule has 1 aliphatic rings. The molecule has 1 aromatic carbocycles. The minimum absolute atomic E-state index is 0.177. The van der Waals surface area contributed by atoms with E-state index in [4.69, 9.17) is 9.47 Å². The van der Waals surface area contributed by atoms with Crippen LogP contribution in [0.15, 0.2) is 24.3 Å². The van der Waals surface area contributed by atoms with E-state index in [0.717, 1.165) is 30.9 Å². The lowest BCUT2D eigenvalue weighted by molar-refractivity contribution is -0.143. The first-order valence-corrected chi connectivity index (χ1v) is 7.18. The van der Waals surface area contributed by atoms with Crippen LogP contribution in [0, 0.1) is 0 Å². The van der Waals surface area contributed by atoms with Crippen LogP contribution in [0.25, 0.3) is 0 Å². The fraction of sp³-hybridized carbons (Fsp3) is 0.562. The lowest BCUT2D eigenvalue weighted by Crippen LogP contribution is -2.36. The van der Waals surface area contributed by atoms with Crippen LogP contribution in [-0.4, -0.2) is 44.7 Å². The number of carbonyl (C=O) groups excluding carboxylic acids is 1. The van der Waals surface area contributed by atoms with Crippen molar-refractivity contribution in [1.29, 1.82) is 0 Å². The second kappa shape index (κ2) is 7.29. The Kier molecular flexibility index (Phi) is 5.41. The number of piperidine rings is 1. The number of benzene rings is 1. The zero-order valence-electron chi connectivity index (χ0n) is 12.3. The van der Waals surface area contributed by atoms with Crippen molar-refractivity contribution in [3.05, 3.63) is 29.8 Å². The Morgan fingerprint density at radius 2 is 2.00 bits per heavy atom. The molecule has 0 bridgehead atoms. The summed E-state index contributed by atoms with van der Waals surface area (Å²) in [5.74, 6) is 0.354. The highest BCUT2D eigenvalue weighted by Gasteiger charge is 2.25. The van der Waals surface area contributed by atoms with Crippen LogP contribution in [0.1, 0.15) is 30.7 Å². The molecule has 110 valence electrons. The lowest BCUT2D eigenvalue weighted by atomic mass is 9.97. The molecule has 1 unspecified atom stereocenters. The largest absolute Gasteiger partial charge is 0.497 e. The van der Waals surface area contributed by atoms with Crippen LogP contribution in [0.4, 0.5) is 0 Å². The van der Waals surface area contributed by atoms with E-state index in [-0.39, 0.29) is 11.9 Å². The average molecular weight is 277 g/mol. The molecule has 1 aromatic rings. The number of ether oxygens (including phenoxy) is 2. The van der Waals surface area contributed by atoms with Crippen molar-refractivity contribution in [2.75, 3.05) is 33.9 Å². The van der Waals surface area contributed by atoms with Crippen molar-refractivity contribution in [3.63, 3.8) is 0 Å². The zero-order chi connectivity index (χ0) is 14.4. The molecule has 1 saturated heterocycles. The molecule has 0 aromatic heterocycles. The van der Waals surface area contributed by atoms with Crippen molar-refractivity contribution in [3.8, 4) is 5.75 Å². The van der Waals surface area contributed by atoms with E-state index in [1.54, 1.807) is 7.11 Å². The van der Waals surface area contributed by atoms with Gasteiger partial charge in [0.1, 0.15) is 5.75 Å². The molecule has 0 spiro atoms. The van der Waals surface area contributed by atoms with Gasteiger partial charge < -0.3 is 14.4 Å².